The molecule has 0 bridgehead atoms. The van der Waals surface area contributed by atoms with Gasteiger partial charge in [0.2, 0.25) is 0 Å². The van der Waals surface area contributed by atoms with Crippen LogP contribution in [0.1, 0.15) is 18.1 Å². The normalized spacial score (nSPS) is 14.4. The van der Waals surface area contributed by atoms with Gasteiger partial charge in [0.05, 0.1) is 24.8 Å². The standard InChI is InChI=1S/C22H27ClN2O3S/c1-2-27-20-15-18(22(29)24-8-9-25-10-12-26-13-11-25)14-19(23)21(20)28-16-17-6-4-3-5-7-17/h3-7,14-15H,2,8-13,16H2,1H3,(H,24,29). The summed E-state index contributed by atoms with van der Waals surface area (Å²) < 4.78 is 17.1. The van der Waals surface area contributed by atoms with Crippen LogP contribution in [0.2, 0.25) is 5.02 Å². The number of rotatable bonds is 9. The van der Waals surface area contributed by atoms with E-state index in [9.17, 15) is 0 Å². The number of nitrogens with zero attached hydrogens (tertiary/aromatic N) is 1. The Hall–Kier alpha value is -1.86. The second-order valence-corrected chi connectivity index (χ2v) is 7.52. The van der Waals surface area contributed by atoms with E-state index in [1.807, 2.05) is 49.4 Å². The zero-order valence-corrected chi connectivity index (χ0v) is 18.2. The van der Waals surface area contributed by atoms with Gasteiger partial charge in [-0.2, -0.15) is 0 Å². The number of halogens is 1. The summed E-state index contributed by atoms with van der Waals surface area (Å²) in [5.74, 6) is 1.14. The van der Waals surface area contributed by atoms with E-state index in [0.29, 0.717) is 34.7 Å². The van der Waals surface area contributed by atoms with Gasteiger partial charge in [-0.1, -0.05) is 54.2 Å². The molecule has 0 aliphatic carbocycles. The molecule has 1 aliphatic heterocycles. The van der Waals surface area contributed by atoms with Gasteiger partial charge < -0.3 is 19.5 Å². The molecule has 0 radical (unpaired) electrons. The average Bonchev–Trinajstić information content (AvgIpc) is 2.74. The van der Waals surface area contributed by atoms with Gasteiger partial charge in [-0.15, -0.1) is 0 Å². The zero-order chi connectivity index (χ0) is 20.5. The van der Waals surface area contributed by atoms with Crippen LogP contribution in [0.3, 0.4) is 0 Å². The minimum atomic E-state index is 0.419. The largest absolute Gasteiger partial charge is 0.490 e. The molecule has 0 atom stereocenters. The van der Waals surface area contributed by atoms with Crippen LogP contribution in [0.25, 0.3) is 0 Å². The number of thiocarbonyl (C=S) groups is 1. The van der Waals surface area contributed by atoms with Crippen LogP contribution < -0.4 is 14.8 Å². The van der Waals surface area contributed by atoms with Crippen LogP contribution in [-0.2, 0) is 11.3 Å². The van der Waals surface area contributed by atoms with Crippen LogP contribution in [0, 0.1) is 0 Å². The van der Waals surface area contributed by atoms with Crippen LogP contribution >= 0.6 is 23.8 Å². The highest BCUT2D eigenvalue weighted by molar-refractivity contribution is 7.80. The lowest BCUT2D eigenvalue weighted by Crippen LogP contribution is -2.41. The molecule has 5 nitrogen and oxygen atoms in total. The molecule has 29 heavy (non-hydrogen) atoms. The van der Waals surface area contributed by atoms with Crippen molar-refractivity contribution < 1.29 is 14.2 Å². The van der Waals surface area contributed by atoms with Crippen molar-refractivity contribution in [2.45, 2.75) is 13.5 Å². The molecular weight excluding hydrogens is 408 g/mol. The van der Waals surface area contributed by atoms with E-state index in [2.05, 4.69) is 10.2 Å². The highest BCUT2D eigenvalue weighted by Crippen LogP contribution is 2.37. The Morgan fingerprint density at radius 3 is 2.66 bits per heavy atom. The van der Waals surface area contributed by atoms with Gasteiger partial charge in [-0.05, 0) is 24.6 Å². The van der Waals surface area contributed by atoms with Crippen molar-refractivity contribution in [3.05, 3.63) is 58.6 Å². The molecule has 1 heterocycles. The molecule has 0 saturated carbocycles. The van der Waals surface area contributed by atoms with Crippen LogP contribution in [0.15, 0.2) is 42.5 Å². The molecule has 7 heteroatoms. The molecular formula is C22H27ClN2O3S. The average molecular weight is 435 g/mol. The Balaban J connectivity index is 1.63. The van der Waals surface area contributed by atoms with Gasteiger partial charge in [0.1, 0.15) is 11.6 Å². The molecule has 2 aromatic rings. The number of benzene rings is 2. The first-order valence-corrected chi connectivity index (χ1v) is 10.7. The molecule has 0 aromatic heterocycles. The monoisotopic (exact) mass is 434 g/mol. The second-order valence-electron chi connectivity index (χ2n) is 6.70. The number of hydrogen-bond donors (Lipinski definition) is 1. The third-order valence-corrected chi connectivity index (χ3v) is 5.28. The van der Waals surface area contributed by atoms with E-state index < -0.39 is 0 Å². The van der Waals surface area contributed by atoms with Crippen molar-refractivity contribution in [3.63, 3.8) is 0 Å². The third kappa shape index (κ3) is 6.57. The molecule has 1 fully saturated rings. The number of hydrogen-bond acceptors (Lipinski definition) is 5. The van der Waals surface area contributed by atoms with E-state index in [4.69, 9.17) is 38.0 Å². The molecule has 3 rings (SSSR count). The number of nitrogens with one attached hydrogen (secondary N) is 1. The zero-order valence-electron chi connectivity index (χ0n) is 16.7. The van der Waals surface area contributed by atoms with Crippen molar-refractivity contribution in [1.29, 1.82) is 0 Å². The SMILES string of the molecule is CCOc1cc(C(=S)NCCN2CCOCC2)cc(Cl)c1OCc1ccccc1. The molecule has 156 valence electrons. The number of morpholine rings is 1. The fraction of sp³-hybridized carbons (Fsp3) is 0.409. The fourth-order valence-corrected chi connectivity index (χ4v) is 3.57. The lowest BCUT2D eigenvalue weighted by atomic mass is 10.2. The maximum Gasteiger partial charge on any atom is 0.180 e. The van der Waals surface area contributed by atoms with Crippen molar-refractivity contribution in [2.24, 2.45) is 0 Å². The molecule has 0 unspecified atom stereocenters. The third-order valence-electron chi connectivity index (χ3n) is 4.61. The van der Waals surface area contributed by atoms with Crippen LogP contribution in [0.5, 0.6) is 11.5 Å². The Bertz CT molecular complexity index is 798. The summed E-state index contributed by atoms with van der Waals surface area (Å²) >= 11 is 12.1. The highest BCUT2D eigenvalue weighted by Gasteiger charge is 2.16. The minimum absolute atomic E-state index is 0.419. The highest BCUT2D eigenvalue weighted by atomic mass is 35.5. The fourth-order valence-electron chi connectivity index (χ4n) is 3.09. The quantitative estimate of drug-likeness (QED) is 0.603. The van der Waals surface area contributed by atoms with Gasteiger partial charge in [0.25, 0.3) is 0 Å². The summed E-state index contributed by atoms with van der Waals surface area (Å²) in [5.41, 5.74) is 1.89. The van der Waals surface area contributed by atoms with Gasteiger partial charge >= 0.3 is 0 Å². The molecule has 0 amide bonds. The second kappa shape index (κ2) is 11.4. The lowest BCUT2D eigenvalue weighted by Gasteiger charge is -2.26. The topological polar surface area (TPSA) is 43.0 Å². The molecule has 2 aromatic carbocycles. The van der Waals surface area contributed by atoms with Crippen molar-refractivity contribution in [2.75, 3.05) is 46.0 Å². The Labute approximate surface area is 182 Å². The van der Waals surface area contributed by atoms with Crippen molar-refractivity contribution in [1.82, 2.24) is 10.2 Å². The van der Waals surface area contributed by atoms with E-state index in [1.54, 1.807) is 0 Å². The van der Waals surface area contributed by atoms with E-state index in [0.717, 1.165) is 50.5 Å². The Morgan fingerprint density at radius 1 is 1.17 bits per heavy atom. The summed E-state index contributed by atoms with van der Waals surface area (Å²) in [6, 6.07) is 13.7. The first kappa shape index (κ1) is 21.8. The number of ether oxygens (including phenoxy) is 3. The lowest BCUT2D eigenvalue weighted by molar-refractivity contribution is 0.0389. The summed E-state index contributed by atoms with van der Waals surface area (Å²) in [7, 11) is 0. The molecule has 1 N–H and O–H groups in total. The maximum atomic E-state index is 6.52. The van der Waals surface area contributed by atoms with E-state index in [1.165, 1.54) is 0 Å². The summed E-state index contributed by atoms with van der Waals surface area (Å²) in [6.45, 7) is 8.07. The van der Waals surface area contributed by atoms with Crippen molar-refractivity contribution >= 4 is 28.8 Å². The summed E-state index contributed by atoms with van der Waals surface area (Å²) in [6.07, 6.45) is 0. The Morgan fingerprint density at radius 2 is 1.93 bits per heavy atom. The first-order chi connectivity index (χ1) is 14.2. The molecule has 1 aliphatic rings. The minimum Gasteiger partial charge on any atom is -0.490 e. The van der Waals surface area contributed by atoms with Gasteiger partial charge in [0, 0.05) is 31.7 Å². The smallest absolute Gasteiger partial charge is 0.180 e. The molecule has 0 spiro atoms. The van der Waals surface area contributed by atoms with E-state index >= 15 is 0 Å². The van der Waals surface area contributed by atoms with Gasteiger partial charge in [-0.25, -0.2) is 0 Å². The predicted molar refractivity (Wildman–Crippen MR) is 120 cm³/mol. The summed E-state index contributed by atoms with van der Waals surface area (Å²) in [5, 5.41) is 3.80. The first-order valence-electron chi connectivity index (χ1n) is 9.88. The predicted octanol–water partition coefficient (Wildman–Crippen LogP) is 3.92. The Kier molecular flexibility index (Phi) is 8.55. The van der Waals surface area contributed by atoms with Crippen LogP contribution in [-0.4, -0.2) is 55.9 Å². The van der Waals surface area contributed by atoms with Crippen molar-refractivity contribution in [3.8, 4) is 11.5 Å². The maximum absolute atomic E-state index is 6.52. The van der Waals surface area contributed by atoms with Gasteiger partial charge in [0.15, 0.2) is 11.5 Å². The molecule has 1 saturated heterocycles. The summed E-state index contributed by atoms with van der Waals surface area (Å²) in [4.78, 5) is 3.01. The van der Waals surface area contributed by atoms with E-state index in [-0.39, 0.29) is 0 Å². The van der Waals surface area contributed by atoms with Crippen LogP contribution in [0.4, 0.5) is 0 Å². The van der Waals surface area contributed by atoms with Gasteiger partial charge in [-0.3, -0.25) is 4.90 Å².